The Labute approximate surface area is 94.1 Å². The third kappa shape index (κ3) is 3.78. The Morgan fingerprint density at radius 1 is 1.53 bits per heavy atom. The summed E-state index contributed by atoms with van der Waals surface area (Å²) in [6, 6.07) is 4.62. The molecule has 1 unspecified atom stereocenters. The van der Waals surface area contributed by atoms with E-state index in [0.717, 1.165) is 6.54 Å². The fourth-order valence-corrected chi connectivity index (χ4v) is 1.55. The van der Waals surface area contributed by atoms with Gasteiger partial charge in [0.15, 0.2) is 0 Å². The summed E-state index contributed by atoms with van der Waals surface area (Å²) in [6.07, 6.45) is -0.173. The Morgan fingerprint density at radius 3 is 2.93 bits per heavy atom. The lowest BCUT2D eigenvalue weighted by molar-refractivity contribution is 0.172. The number of likely N-dealkylation sites (N-methyl/N-ethyl adjacent to an activating group) is 1. The van der Waals surface area contributed by atoms with Crippen LogP contribution in [0.25, 0.3) is 0 Å². The molecule has 1 aromatic carbocycles. The number of aliphatic hydroxyl groups is 1. The lowest BCUT2D eigenvalue weighted by atomic mass is 10.1. The van der Waals surface area contributed by atoms with Gasteiger partial charge in [-0.05, 0) is 18.2 Å². The zero-order valence-corrected chi connectivity index (χ0v) is 9.39. The van der Waals surface area contributed by atoms with Crippen LogP contribution in [0.4, 0.5) is 4.39 Å². The second-order valence-electron chi connectivity index (χ2n) is 3.38. The number of aliphatic hydroxyl groups excluding tert-OH is 1. The van der Waals surface area contributed by atoms with Gasteiger partial charge >= 0.3 is 0 Å². The van der Waals surface area contributed by atoms with E-state index in [-0.39, 0.29) is 5.02 Å². The quantitative estimate of drug-likeness (QED) is 0.813. The molecule has 0 heterocycles. The number of halogens is 2. The van der Waals surface area contributed by atoms with Gasteiger partial charge in [0, 0.05) is 13.0 Å². The molecule has 84 valence electrons. The Morgan fingerprint density at radius 2 is 2.27 bits per heavy atom. The Kier molecular flexibility index (Phi) is 5.02. The number of hydrogen-bond acceptors (Lipinski definition) is 2. The Hall–Kier alpha value is -0.640. The zero-order valence-electron chi connectivity index (χ0n) is 8.63. The molecule has 0 aromatic heterocycles. The van der Waals surface area contributed by atoms with Crippen molar-refractivity contribution in [3.8, 4) is 0 Å². The molecule has 0 saturated heterocycles. The number of rotatable bonds is 5. The lowest BCUT2D eigenvalue weighted by Gasteiger charge is -2.12. The van der Waals surface area contributed by atoms with Crippen molar-refractivity contribution in [2.75, 3.05) is 13.1 Å². The number of benzene rings is 1. The molecule has 0 aliphatic carbocycles. The van der Waals surface area contributed by atoms with Gasteiger partial charge in [0.1, 0.15) is 5.82 Å². The highest BCUT2D eigenvalue weighted by Gasteiger charge is 2.10. The molecule has 15 heavy (non-hydrogen) atoms. The van der Waals surface area contributed by atoms with Gasteiger partial charge in [-0.2, -0.15) is 0 Å². The molecule has 2 nitrogen and oxygen atoms in total. The molecule has 1 aromatic rings. The van der Waals surface area contributed by atoms with Crippen molar-refractivity contribution >= 4 is 11.6 Å². The summed E-state index contributed by atoms with van der Waals surface area (Å²) in [5.41, 5.74) is 0.641. The Bertz CT molecular complexity index is 319. The summed E-state index contributed by atoms with van der Waals surface area (Å²) in [5, 5.41) is 12.7. The minimum Gasteiger partial charge on any atom is -0.391 e. The topological polar surface area (TPSA) is 32.3 Å². The van der Waals surface area contributed by atoms with Gasteiger partial charge < -0.3 is 10.4 Å². The average molecular weight is 232 g/mol. The summed E-state index contributed by atoms with van der Waals surface area (Å²) in [6.45, 7) is 3.25. The first-order valence-electron chi connectivity index (χ1n) is 4.96. The van der Waals surface area contributed by atoms with Gasteiger partial charge in [-0.15, -0.1) is 0 Å². The zero-order chi connectivity index (χ0) is 11.3. The minimum absolute atomic E-state index is 0.105. The third-order valence-corrected chi connectivity index (χ3v) is 2.54. The number of nitrogens with one attached hydrogen (secondary N) is 1. The molecule has 0 bridgehead atoms. The maximum absolute atomic E-state index is 13.1. The fraction of sp³-hybridized carbons (Fsp3) is 0.455. The van der Waals surface area contributed by atoms with E-state index in [9.17, 15) is 9.50 Å². The van der Waals surface area contributed by atoms with E-state index in [1.165, 1.54) is 6.07 Å². The van der Waals surface area contributed by atoms with Crippen LogP contribution in [0.15, 0.2) is 18.2 Å². The van der Waals surface area contributed by atoms with Crippen LogP contribution in [-0.2, 0) is 6.42 Å². The van der Waals surface area contributed by atoms with Crippen LogP contribution in [0.2, 0.25) is 5.02 Å². The van der Waals surface area contributed by atoms with Crippen molar-refractivity contribution in [1.29, 1.82) is 0 Å². The molecule has 2 N–H and O–H groups in total. The molecule has 1 rings (SSSR count). The smallest absolute Gasteiger partial charge is 0.142 e. The third-order valence-electron chi connectivity index (χ3n) is 2.12. The maximum atomic E-state index is 13.1. The monoisotopic (exact) mass is 231 g/mol. The summed E-state index contributed by atoms with van der Waals surface area (Å²) in [5.74, 6) is -0.440. The van der Waals surface area contributed by atoms with E-state index in [2.05, 4.69) is 5.32 Å². The largest absolute Gasteiger partial charge is 0.391 e. The van der Waals surface area contributed by atoms with Crippen LogP contribution in [0.5, 0.6) is 0 Å². The van der Waals surface area contributed by atoms with Gasteiger partial charge in [0.25, 0.3) is 0 Å². The van der Waals surface area contributed by atoms with E-state index in [1.54, 1.807) is 12.1 Å². The molecule has 0 radical (unpaired) electrons. The van der Waals surface area contributed by atoms with Crippen molar-refractivity contribution in [3.63, 3.8) is 0 Å². The molecule has 0 aliphatic rings. The maximum Gasteiger partial charge on any atom is 0.142 e. The summed E-state index contributed by atoms with van der Waals surface area (Å²) in [7, 11) is 0. The van der Waals surface area contributed by atoms with Crippen molar-refractivity contribution in [2.45, 2.75) is 19.4 Å². The van der Waals surface area contributed by atoms with Gasteiger partial charge in [0.2, 0.25) is 0 Å². The lowest BCUT2D eigenvalue weighted by Crippen LogP contribution is -2.28. The second-order valence-corrected chi connectivity index (χ2v) is 3.76. The molecular formula is C11H15ClFNO. The van der Waals surface area contributed by atoms with E-state index in [4.69, 9.17) is 11.6 Å². The second kappa shape index (κ2) is 6.05. The number of hydrogen-bond donors (Lipinski definition) is 2. The average Bonchev–Trinajstić information content (AvgIpc) is 2.22. The van der Waals surface area contributed by atoms with Crippen LogP contribution < -0.4 is 5.32 Å². The molecule has 0 amide bonds. The molecule has 1 atom stereocenters. The van der Waals surface area contributed by atoms with Crippen LogP contribution in [0.1, 0.15) is 12.5 Å². The van der Waals surface area contributed by atoms with E-state index in [1.807, 2.05) is 6.92 Å². The predicted octanol–water partition coefficient (Wildman–Crippen LogP) is 1.99. The first-order valence-corrected chi connectivity index (χ1v) is 5.34. The van der Waals surface area contributed by atoms with Crippen molar-refractivity contribution < 1.29 is 9.50 Å². The van der Waals surface area contributed by atoms with E-state index in [0.29, 0.717) is 18.5 Å². The molecule has 4 heteroatoms. The van der Waals surface area contributed by atoms with Crippen LogP contribution in [-0.4, -0.2) is 24.3 Å². The molecule has 0 aliphatic heterocycles. The normalized spacial score (nSPS) is 12.8. The van der Waals surface area contributed by atoms with Crippen LogP contribution >= 0.6 is 11.6 Å². The molecule has 0 fully saturated rings. The van der Waals surface area contributed by atoms with Gasteiger partial charge in [-0.3, -0.25) is 0 Å². The standard InChI is InChI=1S/C11H15ClFNO/c1-2-14-7-9(15)6-8-4-3-5-10(13)11(8)12/h3-5,9,14-15H,2,6-7H2,1H3. The van der Waals surface area contributed by atoms with Crippen molar-refractivity contribution in [1.82, 2.24) is 5.32 Å². The van der Waals surface area contributed by atoms with Crippen LogP contribution in [0.3, 0.4) is 0 Å². The summed E-state index contributed by atoms with van der Waals surface area (Å²) >= 11 is 5.76. The first kappa shape index (κ1) is 12.4. The molecule has 0 saturated carbocycles. The van der Waals surface area contributed by atoms with Crippen molar-refractivity contribution in [3.05, 3.63) is 34.6 Å². The summed E-state index contributed by atoms with van der Waals surface area (Å²) in [4.78, 5) is 0. The highest BCUT2D eigenvalue weighted by Crippen LogP contribution is 2.20. The SMILES string of the molecule is CCNCC(O)Cc1cccc(F)c1Cl. The van der Waals surface area contributed by atoms with Gasteiger partial charge in [0.05, 0.1) is 11.1 Å². The highest BCUT2D eigenvalue weighted by atomic mass is 35.5. The van der Waals surface area contributed by atoms with Crippen molar-refractivity contribution in [2.24, 2.45) is 0 Å². The van der Waals surface area contributed by atoms with Crippen LogP contribution in [0, 0.1) is 5.82 Å². The molecular weight excluding hydrogens is 217 g/mol. The first-order chi connectivity index (χ1) is 7.15. The van der Waals surface area contributed by atoms with Gasteiger partial charge in [-0.25, -0.2) is 4.39 Å². The minimum atomic E-state index is -0.538. The molecule has 0 spiro atoms. The predicted molar refractivity (Wildman–Crippen MR) is 59.7 cm³/mol. The highest BCUT2D eigenvalue weighted by molar-refractivity contribution is 6.31. The fourth-order valence-electron chi connectivity index (χ4n) is 1.34. The van der Waals surface area contributed by atoms with E-state index >= 15 is 0 Å². The van der Waals surface area contributed by atoms with Gasteiger partial charge in [-0.1, -0.05) is 30.7 Å². The Balaban J connectivity index is 2.60. The summed E-state index contributed by atoms with van der Waals surface area (Å²) < 4.78 is 13.1. The van der Waals surface area contributed by atoms with E-state index < -0.39 is 11.9 Å².